The van der Waals surface area contributed by atoms with Gasteiger partial charge < -0.3 is 20.3 Å². The summed E-state index contributed by atoms with van der Waals surface area (Å²) in [6, 6.07) is 1.52. The van der Waals surface area contributed by atoms with Crippen LogP contribution in [0.1, 0.15) is 24.4 Å². The molecule has 0 aliphatic carbocycles. The normalized spacial score (nSPS) is 21.7. The van der Waals surface area contributed by atoms with Crippen molar-refractivity contribution >= 4 is 17.8 Å². The number of anilines is 1. The van der Waals surface area contributed by atoms with E-state index >= 15 is 0 Å². The topological polar surface area (TPSA) is 96.5 Å². The molecule has 0 aromatic carbocycles. The van der Waals surface area contributed by atoms with E-state index < -0.39 is 12.1 Å². The molecule has 1 aromatic rings. The van der Waals surface area contributed by atoms with E-state index in [1.54, 1.807) is 0 Å². The van der Waals surface area contributed by atoms with Gasteiger partial charge in [0.25, 0.3) is 0 Å². The molecular weight excluding hydrogens is 298 g/mol. The molecule has 2 amide bonds. The number of aryl methyl sites for hydroxylation is 2. The molecule has 3 rings (SSSR count). The molecular formula is C15H21N5O3. The second-order valence-corrected chi connectivity index (χ2v) is 5.98. The summed E-state index contributed by atoms with van der Waals surface area (Å²) >= 11 is 0. The standard InChI is InChI=1S/C15H21N5O3/c1-9-7-13(17-10(2)16-9)20-5-3-11(4-6-20)18-14(21)12-8-23-15(22)19-12/h7,11-12H,3-6,8H2,1-2H3,(H,18,21)(H,19,22). The summed E-state index contributed by atoms with van der Waals surface area (Å²) in [5.41, 5.74) is 0.958. The highest BCUT2D eigenvalue weighted by Crippen LogP contribution is 2.19. The van der Waals surface area contributed by atoms with Crippen LogP contribution in [0.3, 0.4) is 0 Å². The maximum Gasteiger partial charge on any atom is 0.407 e. The predicted molar refractivity (Wildman–Crippen MR) is 83.2 cm³/mol. The molecule has 0 spiro atoms. The Balaban J connectivity index is 1.52. The van der Waals surface area contributed by atoms with Crippen LogP contribution < -0.4 is 15.5 Å². The third-order valence-corrected chi connectivity index (χ3v) is 4.11. The predicted octanol–water partition coefficient (Wildman–Crippen LogP) is 0.287. The molecule has 23 heavy (non-hydrogen) atoms. The van der Waals surface area contributed by atoms with Crippen molar-refractivity contribution in [1.29, 1.82) is 0 Å². The molecule has 2 aliphatic heterocycles. The number of carbonyl (C=O) groups excluding carboxylic acids is 2. The lowest BCUT2D eigenvalue weighted by Crippen LogP contribution is -2.50. The maximum absolute atomic E-state index is 12.1. The van der Waals surface area contributed by atoms with Crippen LogP contribution in [0.4, 0.5) is 10.6 Å². The molecule has 1 aromatic heterocycles. The largest absolute Gasteiger partial charge is 0.447 e. The number of piperidine rings is 1. The van der Waals surface area contributed by atoms with Crippen LogP contribution in [0.15, 0.2) is 6.07 Å². The minimum Gasteiger partial charge on any atom is -0.447 e. The summed E-state index contributed by atoms with van der Waals surface area (Å²) in [7, 11) is 0. The average Bonchev–Trinajstić information content (AvgIpc) is 2.94. The zero-order valence-corrected chi connectivity index (χ0v) is 13.3. The molecule has 2 N–H and O–H groups in total. The summed E-state index contributed by atoms with van der Waals surface area (Å²) < 4.78 is 4.74. The van der Waals surface area contributed by atoms with Crippen LogP contribution in [0.5, 0.6) is 0 Å². The Morgan fingerprint density at radius 3 is 2.70 bits per heavy atom. The van der Waals surface area contributed by atoms with Crippen molar-refractivity contribution in [3.05, 3.63) is 17.6 Å². The third-order valence-electron chi connectivity index (χ3n) is 4.11. The van der Waals surface area contributed by atoms with E-state index in [9.17, 15) is 9.59 Å². The van der Waals surface area contributed by atoms with Gasteiger partial charge in [0, 0.05) is 30.9 Å². The zero-order valence-electron chi connectivity index (χ0n) is 13.3. The quantitative estimate of drug-likeness (QED) is 0.831. The summed E-state index contributed by atoms with van der Waals surface area (Å²) in [6.45, 7) is 5.61. The van der Waals surface area contributed by atoms with Crippen LogP contribution in [-0.4, -0.2) is 53.7 Å². The van der Waals surface area contributed by atoms with Gasteiger partial charge in [-0.15, -0.1) is 0 Å². The molecule has 8 nitrogen and oxygen atoms in total. The fourth-order valence-electron chi connectivity index (χ4n) is 2.94. The Hall–Kier alpha value is -2.38. The molecule has 1 unspecified atom stereocenters. The number of amides is 2. The Morgan fingerprint density at radius 2 is 2.09 bits per heavy atom. The number of carbonyl (C=O) groups is 2. The van der Waals surface area contributed by atoms with Crippen LogP contribution in [0, 0.1) is 13.8 Å². The highest BCUT2D eigenvalue weighted by Gasteiger charge is 2.31. The molecule has 1 atom stereocenters. The summed E-state index contributed by atoms with van der Waals surface area (Å²) in [5.74, 6) is 1.53. The monoisotopic (exact) mass is 319 g/mol. The zero-order chi connectivity index (χ0) is 16.4. The van der Waals surface area contributed by atoms with Gasteiger partial charge in [-0.3, -0.25) is 4.79 Å². The van der Waals surface area contributed by atoms with Crippen LogP contribution >= 0.6 is 0 Å². The number of hydrogen-bond donors (Lipinski definition) is 2. The number of aromatic nitrogens is 2. The van der Waals surface area contributed by atoms with Gasteiger partial charge >= 0.3 is 6.09 Å². The molecule has 2 saturated heterocycles. The Kier molecular flexibility index (Phi) is 4.31. The van der Waals surface area contributed by atoms with Gasteiger partial charge in [-0.25, -0.2) is 14.8 Å². The second kappa shape index (κ2) is 6.39. The van der Waals surface area contributed by atoms with Crippen molar-refractivity contribution in [2.45, 2.75) is 38.8 Å². The summed E-state index contributed by atoms with van der Waals surface area (Å²) in [4.78, 5) is 34.0. The van der Waals surface area contributed by atoms with Crippen molar-refractivity contribution in [2.24, 2.45) is 0 Å². The van der Waals surface area contributed by atoms with Gasteiger partial charge in [-0.2, -0.15) is 0 Å². The first-order valence-corrected chi connectivity index (χ1v) is 7.82. The van der Waals surface area contributed by atoms with Crippen LogP contribution in [0.25, 0.3) is 0 Å². The third kappa shape index (κ3) is 3.69. The van der Waals surface area contributed by atoms with Gasteiger partial charge in [-0.05, 0) is 26.7 Å². The van der Waals surface area contributed by atoms with E-state index in [-0.39, 0.29) is 18.6 Å². The van der Waals surface area contributed by atoms with E-state index in [0.29, 0.717) is 0 Å². The van der Waals surface area contributed by atoms with Gasteiger partial charge in [0.15, 0.2) is 0 Å². The molecule has 2 aliphatic rings. The Labute approximate surface area is 134 Å². The number of ether oxygens (including phenoxy) is 1. The first-order valence-electron chi connectivity index (χ1n) is 7.82. The Bertz CT molecular complexity index is 593. The number of hydrogen-bond acceptors (Lipinski definition) is 6. The second-order valence-electron chi connectivity index (χ2n) is 5.98. The molecule has 8 heteroatoms. The maximum atomic E-state index is 12.1. The van der Waals surface area contributed by atoms with Crippen molar-refractivity contribution in [2.75, 3.05) is 24.6 Å². The van der Waals surface area contributed by atoms with Crippen molar-refractivity contribution < 1.29 is 14.3 Å². The van der Waals surface area contributed by atoms with Crippen LogP contribution in [0.2, 0.25) is 0 Å². The highest BCUT2D eigenvalue weighted by atomic mass is 16.6. The first kappa shape index (κ1) is 15.5. The average molecular weight is 319 g/mol. The minimum absolute atomic E-state index is 0.100. The van der Waals surface area contributed by atoms with E-state index in [1.807, 2.05) is 19.9 Å². The molecule has 3 heterocycles. The van der Waals surface area contributed by atoms with Crippen LogP contribution in [-0.2, 0) is 9.53 Å². The fraction of sp³-hybridized carbons (Fsp3) is 0.600. The summed E-state index contributed by atoms with van der Waals surface area (Å²) in [5, 5.41) is 5.47. The SMILES string of the molecule is Cc1cc(N2CCC(NC(=O)C3COC(=O)N3)CC2)nc(C)n1. The minimum atomic E-state index is -0.576. The number of alkyl carbamates (subject to hydrolysis) is 1. The fourth-order valence-corrected chi connectivity index (χ4v) is 2.94. The van der Waals surface area contributed by atoms with Crippen molar-refractivity contribution in [3.8, 4) is 0 Å². The van der Waals surface area contributed by atoms with E-state index in [2.05, 4.69) is 25.5 Å². The molecule has 124 valence electrons. The number of nitrogens with one attached hydrogen (secondary N) is 2. The lowest BCUT2D eigenvalue weighted by atomic mass is 10.0. The molecule has 2 fully saturated rings. The lowest BCUT2D eigenvalue weighted by molar-refractivity contribution is -0.123. The highest BCUT2D eigenvalue weighted by molar-refractivity contribution is 5.88. The van der Waals surface area contributed by atoms with Crippen molar-refractivity contribution in [1.82, 2.24) is 20.6 Å². The Morgan fingerprint density at radius 1 is 1.35 bits per heavy atom. The number of cyclic esters (lactones) is 1. The first-order chi connectivity index (χ1) is 11.0. The lowest BCUT2D eigenvalue weighted by Gasteiger charge is -2.33. The van der Waals surface area contributed by atoms with E-state index in [1.165, 1.54) is 0 Å². The summed E-state index contributed by atoms with van der Waals surface area (Å²) in [6.07, 6.45) is 1.15. The molecule has 0 saturated carbocycles. The molecule has 0 bridgehead atoms. The van der Waals surface area contributed by atoms with Gasteiger partial charge in [-0.1, -0.05) is 0 Å². The smallest absolute Gasteiger partial charge is 0.407 e. The van der Waals surface area contributed by atoms with Gasteiger partial charge in [0.05, 0.1) is 0 Å². The van der Waals surface area contributed by atoms with Crippen molar-refractivity contribution in [3.63, 3.8) is 0 Å². The molecule has 0 radical (unpaired) electrons. The van der Waals surface area contributed by atoms with E-state index in [4.69, 9.17) is 4.74 Å². The number of rotatable bonds is 3. The van der Waals surface area contributed by atoms with Gasteiger partial charge in [0.1, 0.15) is 24.3 Å². The van der Waals surface area contributed by atoms with E-state index in [0.717, 1.165) is 43.3 Å². The number of nitrogens with zero attached hydrogens (tertiary/aromatic N) is 3. The van der Waals surface area contributed by atoms with Gasteiger partial charge in [0.2, 0.25) is 5.91 Å².